The molecule has 5 nitrogen and oxygen atoms in total. The molecule has 5 heteroatoms. The van der Waals surface area contributed by atoms with Gasteiger partial charge in [-0.25, -0.2) is 9.50 Å². The van der Waals surface area contributed by atoms with E-state index in [1.54, 1.807) is 12.4 Å². The molecule has 0 spiro atoms. The molecule has 0 atom stereocenters. The normalized spacial score (nSPS) is 10.9. The van der Waals surface area contributed by atoms with E-state index in [1.165, 1.54) is 5.56 Å². The summed E-state index contributed by atoms with van der Waals surface area (Å²) in [6.07, 6.45) is 5.40. The van der Waals surface area contributed by atoms with E-state index in [9.17, 15) is 0 Å². The summed E-state index contributed by atoms with van der Waals surface area (Å²) in [5.41, 5.74) is 9.00. The molecule has 3 aromatic rings. The van der Waals surface area contributed by atoms with Gasteiger partial charge in [0.15, 0.2) is 5.82 Å². The Morgan fingerprint density at radius 2 is 1.85 bits per heavy atom. The van der Waals surface area contributed by atoms with E-state index in [0.29, 0.717) is 6.54 Å². The SMILES string of the molecule is CN(Cc1ccc(CN)cc1)c1nccn2nccc12. The van der Waals surface area contributed by atoms with Crippen LogP contribution in [0.25, 0.3) is 5.52 Å². The van der Waals surface area contributed by atoms with Crippen molar-refractivity contribution in [3.63, 3.8) is 0 Å². The van der Waals surface area contributed by atoms with Crippen molar-refractivity contribution < 1.29 is 0 Å². The summed E-state index contributed by atoms with van der Waals surface area (Å²) >= 11 is 0. The lowest BCUT2D eigenvalue weighted by Crippen LogP contribution is -2.18. The molecule has 102 valence electrons. The largest absolute Gasteiger partial charge is 0.354 e. The van der Waals surface area contributed by atoms with Crippen LogP contribution in [0.3, 0.4) is 0 Å². The Bertz CT molecular complexity index is 702. The highest BCUT2D eigenvalue weighted by atomic mass is 15.3. The Balaban J connectivity index is 1.84. The third kappa shape index (κ3) is 2.35. The maximum atomic E-state index is 5.61. The molecule has 0 aliphatic carbocycles. The lowest BCUT2D eigenvalue weighted by Gasteiger charge is -2.19. The highest BCUT2D eigenvalue weighted by molar-refractivity contribution is 5.67. The Labute approximate surface area is 117 Å². The topological polar surface area (TPSA) is 59.5 Å². The van der Waals surface area contributed by atoms with Crippen LogP contribution in [-0.4, -0.2) is 21.6 Å². The fourth-order valence-corrected chi connectivity index (χ4v) is 2.27. The van der Waals surface area contributed by atoms with Crippen LogP contribution in [0.2, 0.25) is 0 Å². The standard InChI is InChI=1S/C15H17N5/c1-19(11-13-4-2-12(10-16)3-5-13)15-14-6-7-18-20(14)9-8-17-15/h2-9H,10-11,16H2,1H3. The van der Waals surface area contributed by atoms with Crippen molar-refractivity contribution in [2.24, 2.45) is 5.73 Å². The fourth-order valence-electron chi connectivity index (χ4n) is 2.27. The van der Waals surface area contributed by atoms with E-state index in [2.05, 4.69) is 39.2 Å². The van der Waals surface area contributed by atoms with Crippen LogP contribution < -0.4 is 10.6 Å². The second kappa shape index (κ2) is 5.30. The second-order valence-electron chi connectivity index (χ2n) is 4.79. The van der Waals surface area contributed by atoms with E-state index < -0.39 is 0 Å². The number of hydrogen-bond donors (Lipinski definition) is 1. The zero-order valence-electron chi connectivity index (χ0n) is 11.4. The summed E-state index contributed by atoms with van der Waals surface area (Å²) in [5, 5.41) is 4.23. The maximum Gasteiger partial charge on any atom is 0.154 e. The Morgan fingerprint density at radius 1 is 1.10 bits per heavy atom. The van der Waals surface area contributed by atoms with Gasteiger partial charge in [0.05, 0.1) is 6.20 Å². The van der Waals surface area contributed by atoms with Gasteiger partial charge in [0.1, 0.15) is 5.52 Å². The number of benzene rings is 1. The summed E-state index contributed by atoms with van der Waals surface area (Å²) in [5.74, 6) is 0.924. The van der Waals surface area contributed by atoms with Crippen LogP contribution in [0.15, 0.2) is 48.9 Å². The van der Waals surface area contributed by atoms with Crippen molar-refractivity contribution >= 4 is 11.3 Å². The van der Waals surface area contributed by atoms with Crippen molar-refractivity contribution in [1.29, 1.82) is 0 Å². The molecule has 2 aromatic heterocycles. The van der Waals surface area contributed by atoms with Gasteiger partial charge >= 0.3 is 0 Å². The van der Waals surface area contributed by atoms with E-state index >= 15 is 0 Å². The van der Waals surface area contributed by atoms with E-state index in [4.69, 9.17) is 5.73 Å². The molecule has 2 heterocycles. The molecule has 0 fully saturated rings. The first kappa shape index (κ1) is 12.6. The highest BCUT2D eigenvalue weighted by Gasteiger charge is 2.08. The minimum atomic E-state index is 0.576. The molecule has 1 aromatic carbocycles. The van der Waals surface area contributed by atoms with Gasteiger partial charge in [-0.15, -0.1) is 0 Å². The molecule has 0 radical (unpaired) electrons. The van der Waals surface area contributed by atoms with Crippen LogP contribution in [0.1, 0.15) is 11.1 Å². The molecule has 0 aliphatic heterocycles. The van der Waals surface area contributed by atoms with Crippen LogP contribution in [0.4, 0.5) is 5.82 Å². The van der Waals surface area contributed by atoms with Crippen LogP contribution in [0, 0.1) is 0 Å². The summed E-state index contributed by atoms with van der Waals surface area (Å²) < 4.78 is 1.83. The molecule has 3 rings (SSSR count). The van der Waals surface area contributed by atoms with Gasteiger partial charge in [0, 0.05) is 32.5 Å². The predicted octanol–water partition coefficient (Wildman–Crippen LogP) is 1.82. The van der Waals surface area contributed by atoms with Crippen LogP contribution >= 0.6 is 0 Å². The lowest BCUT2D eigenvalue weighted by molar-refractivity contribution is 0.876. The first-order valence-electron chi connectivity index (χ1n) is 6.55. The summed E-state index contributed by atoms with van der Waals surface area (Å²) in [4.78, 5) is 6.57. The number of anilines is 1. The summed E-state index contributed by atoms with van der Waals surface area (Å²) in [7, 11) is 2.03. The zero-order chi connectivity index (χ0) is 13.9. The second-order valence-corrected chi connectivity index (χ2v) is 4.79. The molecule has 2 N–H and O–H groups in total. The molecular weight excluding hydrogens is 250 g/mol. The van der Waals surface area contributed by atoms with Crippen molar-refractivity contribution in [1.82, 2.24) is 14.6 Å². The van der Waals surface area contributed by atoms with Crippen molar-refractivity contribution in [3.05, 3.63) is 60.0 Å². The van der Waals surface area contributed by atoms with Crippen molar-refractivity contribution in [2.45, 2.75) is 13.1 Å². The lowest BCUT2D eigenvalue weighted by atomic mass is 10.1. The number of nitrogens with two attached hydrogens (primary N) is 1. The number of rotatable bonds is 4. The summed E-state index contributed by atoms with van der Waals surface area (Å²) in [6, 6.07) is 10.3. The van der Waals surface area contributed by atoms with Gasteiger partial charge in [0.2, 0.25) is 0 Å². The molecule has 0 bridgehead atoms. The molecule has 0 aliphatic rings. The van der Waals surface area contributed by atoms with Crippen LogP contribution in [-0.2, 0) is 13.1 Å². The Kier molecular flexibility index (Phi) is 3.35. The maximum absolute atomic E-state index is 5.61. The van der Waals surface area contributed by atoms with Crippen molar-refractivity contribution in [3.8, 4) is 0 Å². The smallest absolute Gasteiger partial charge is 0.154 e. The van der Waals surface area contributed by atoms with Gasteiger partial charge in [-0.3, -0.25) is 0 Å². The third-order valence-corrected chi connectivity index (χ3v) is 3.34. The Morgan fingerprint density at radius 3 is 2.60 bits per heavy atom. The fraction of sp³-hybridized carbons (Fsp3) is 0.200. The average Bonchev–Trinajstić information content (AvgIpc) is 2.96. The van der Waals surface area contributed by atoms with Gasteiger partial charge in [-0.1, -0.05) is 24.3 Å². The van der Waals surface area contributed by atoms with Crippen molar-refractivity contribution in [2.75, 3.05) is 11.9 Å². The monoisotopic (exact) mass is 267 g/mol. The van der Waals surface area contributed by atoms with E-state index in [-0.39, 0.29) is 0 Å². The van der Waals surface area contributed by atoms with Crippen LogP contribution in [0.5, 0.6) is 0 Å². The van der Waals surface area contributed by atoms with Gasteiger partial charge in [-0.2, -0.15) is 5.10 Å². The van der Waals surface area contributed by atoms with E-state index in [1.807, 2.05) is 23.8 Å². The molecular formula is C15H17N5. The molecule has 0 saturated carbocycles. The predicted molar refractivity (Wildman–Crippen MR) is 79.4 cm³/mol. The number of hydrogen-bond acceptors (Lipinski definition) is 4. The first-order chi connectivity index (χ1) is 9.78. The third-order valence-electron chi connectivity index (χ3n) is 3.34. The first-order valence-corrected chi connectivity index (χ1v) is 6.55. The molecule has 20 heavy (non-hydrogen) atoms. The minimum Gasteiger partial charge on any atom is -0.354 e. The van der Waals surface area contributed by atoms with E-state index in [0.717, 1.165) is 23.4 Å². The molecule has 0 unspecified atom stereocenters. The van der Waals surface area contributed by atoms with Gasteiger partial charge in [0.25, 0.3) is 0 Å². The Hall–Kier alpha value is -2.40. The quantitative estimate of drug-likeness (QED) is 0.783. The molecule has 0 saturated heterocycles. The van der Waals surface area contributed by atoms with Gasteiger partial charge in [-0.05, 0) is 17.2 Å². The molecule has 0 amide bonds. The number of nitrogens with zero attached hydrogens (tertiary/aromatic N) is 4. The minimum absolute atomic E-state index is 0.576. The highest BCUT2D eigenvalue weighted by Crippen LogP contribution is 2.18. The summed E-state index contributed by atoms with van der Waals surface area (Å²) in [6.45, 7) is 1.37. The van der Waals surface area contributed by atoms with Gasteiger partial charge < -0.3 is 10.6 Å². The zero-order valence-corrected chi connectivity index (χ0v) is 11.4. The number of fused-ring (bicyclic) bond motifs is 1. The number of aromatic nitrogens is 3. The average molecular weight is 267 g/mol.